The molecule has 4 rings (SSSR count). The Morgan fingerprint density at radius 2 is 2.00 bits per heavy atom. The van der Waals surface area contributed by atoms with Gasteiger partial charge in [0.25, 0.3) is 5.91 Å². The van der Waals surface area contributed by atoms with Crippen LogP contribution in [0.15, 0.2) is 70.3 Å². The van der Waals surface area contributed by atoms with Gasteiger partial charge in [-0.25, -0.2) is 9.78 Å². The van der Waals surface area contributed by atoms with E-state index in [0.29, 0.717) is 33.9 Å². The molecule has 0 saturated carbocycles. The zero-order chi connectivity index (χ0) is 17.9. The second-order valence-electron chi connectivity index (χ2n) is 5.48. The van der Waals surface area contributed by atoms with Crippen molar-refractivity contribution in [3.63, 3.8) is 0 Å². The molecule has 0 aliphatic heterocycles. The summed E-state index contributed by atoms with van der Waals surface area (Å²) >= 11 is 0. The van der Waals surface area contributed by atoms with Crippen LogP contribution in [0.3, 0.4) is 0 Å². The van der Waals surface area contributed by atoms with Crippen molar-refractivity contribution in [1.29, 1.82) is 0 Å². The van der Waals surface area contributed by atoms with Gasteiger partial charge in [0.1, 0.15) is 5.82 Å². The van der Waals surface area contributed by atoms with E-state index < -0.39 is 5.76 Å². The number of amides is 1. The molecule has 0 aliphatic rings. The van der Waals surface area contributed by atoms with Gasteiger partial charge in [-0.15, -0.1) is 0 Å². The Hall–Kier alpha value is -3.94. The fourth-order valence-corrected chi connectivity index (χ4v) is 2.48. The molecule has 0 aliphatic carbocycles. The van der Waals surface area contributed by atoms with Crippen LogP contribution in [0, 0.1) is 0 Å². The normalized spacial score (nSPS) is 10.6. The summed E-state index contributed by atoms with van der Waals surface area (Å²) in [4.78, 5) is 34.4. The van der Waals surface area contributed by atoms with Crippen molar-refractivity contribution in [3.8, 4) is 0 Å². The standard InChI is InChI=1S/C18H13N5O3/c24-17(22-13-4-5-15-14(9-13)23-18(25)26-15)11-2-1-3-12(8-11)21-16-10-19-6-7-20-16/h1-10H,(H,20,21)(H,22,24)(H,23,25). The van der Waals surface area contributed by atoms with Gasteiger partial charge in [0.05, 0.1) is 11.7 Å². The highest BCUT2D eigenvalue weighted by atomic mass is 16.4. The lowest BCUT2D eigenvalue weighted by Gasteiger charge is -2.08. The Morgan fingerprint density at radius 1 is 1.08 bits per heavy atom. The van der Waals surface area contributed by atoms with E-state index >= 15 is 0 Å². The first-order valence-electron chi connectivity index (χ1n) is 7.75. The summed E-state index contributed by atoms with van der Waals surface area (Å²) in [6.07, 6.45) is 4.75. The minimum atomic E-state index is -0.536. The minimum absolute atomic E-state index is 0.280. The van der Waals surface area contributed by atoms with Crippen molar-refractivity contribution in [2.75, 3.05) is 10.6 Å². The number of hydrogen-bond acceptors (Lipinski definition) is 6. The van der Waals surface area contributed by atoms with E-state index in [9.17, 15) is 9.59 Å². The summed E-state index contributed by atoms with van der Waals surface area (Å²) in [6.45, 7) is 0. The third-order valence-corrected chi connectivity index (χ3v) is 3.64. The van der Waals surface area contributed by atoms with Crippen LogP contribution in [0.4, 0.5) is 17.2 Å². The maximum atomic E-state index is 12.5. The first-order chi connectivity index (χ1) is 12.7. The molecular formula is C18H13N5O3. The quantitative estimate of drug-likeness (QED) is 0.523. The smallest absolute Gasteiger partial charge is 0.408 e. The number of aromatic amines is 1. The van der Waals surface area contributed by atoms with Crippen LogP contribution < -0.4 is 16.4 Å². The Balaban J connectivity index is 1.53. The molecule has 128 valence electrons. The number of anilines is 3. The molecule has 1 amide bonds. The number of fused-ring (bicyclic) bond motifs is 1. The summed E-state index contributed by atoms with van der Waals surface area (Å²) in [5.74, 6) is -0.233. The van der Waals surface area contributed by atoms with Gasteiger partial charge in [0.15, 0.2) is 5.58 Å². The van der Waals surface area contributed by atoms with Crippen LogP contribution in [0.1, 0.15) is 10.4 Å². The molecule has 2 aromatic heterocycles. The van der Waals surface area contributed by atoms with E-state index in [0.717, 1.165) is 0 Å². The average molecular weight is 347 g/mol. The van der Waals surface area contributed by atoms with Gasteiger partial charge >= 0.3 is 5.76 Å². The highest BCUT2D eigenvalue weighted by Crippen LogP contribution is 2.19. The molecule has 0 bridgehead atoms. The van der Waals surface area contributed by atoms with E-state index in [1.54, 1.807) is 55.0 Å². The van der Waals surface area contributed by atoms with E-state index in [1.807, 2.05) is 6.07 Å². The number of nitrogens with zero attached hydrogens (tertiary/aromatic N) is 2. The van der Waals surface area contributed by atoms with Gasteiger partial charge in [-0.05, 0) is 36.4 Å². The minimum Gasteiger partial charge on any atom is -0.408 e. The van der Waals surface area contributed by atoms with E-state index in [2.05, 4.69) is 25.6 Å². The fourth-order valence-electron chi connectivity index (χ4n) is 2.48. The largest absolute Gasteiger partial charge is 0.417 e. The second kappa shape index (κ2) is 6.52. The van der Waals surface area contributed by atoms with Crippen LogP contribution in [0.5, 0.6) is 0 Å². The summed E-state index contributed by atoms with van der Waals surface area (Å²) in [6, 6.07) is 11.9. The van der Waals surface area contributed by atoms with Crippen LogP contribution in [0.2, 0.25) is 0 Å². The first kappa shape index (κ1) is 15.6. The lowest BCUT2D eigenvalue weighted by Crippen LogP contribution is -2.12. The molecule has 0 spiro atoms. The molecule has 0 fully saturated rings. The van der Waals surface area contributed by atoms with Crippen molar-refractivity contribution in [1.82, 2.24) is 15.0 Å². The summed E-state index contributed by atoms with van der Waals surface area (Å²) < 4.78 is 4.94. The molecule has 3 N–H and O–H groups in total. The third-order valence-electron chi connectivity index (χ3n) is 3.64. The number of hydrogen-bond donors (Lipinski definition) is 3. The SMILES string of the molecule is O=C(Nc1ccc2oc(=O)[nH]c2c1)c1cccc(Nc2cnccn2)c1. The van der Waals surface area contributed by atoms with Crippen molar-refractivity contribution in [2.24, 2.45) is 0 Å². The van der Waals surface area contributed by atoms with E-state index in [4.69, 9.17) is 4.42 Å². The number of rotatable bonds is 4. The van der Waals surface area contributed by atoms with E-state index in [-0.39, 0.29) is 5.91 Å². The molecule has 0 radical (unpaired) electrons. The number of carbonyl (C=O) groups excluding carboxylic acids is 1. The second-order valence-corrected chi connectivity index (χ2v) is 5.48. The molecule has 8 nitrogen and oxygen atoms in total. The highest BCUT2D eigenvalue weighted by molar-refractivity contribution is 6.05. The van der Waals surface area contributed by atoms with Crippen LogP contribution in [-0.4, -0.2) is 20.9 Å². The zero-order valence-electron chi connectivity index (χ0n) is 13.4. The lowest BCUT2D eigenvalue weighted by atomic mass is 10.1. The fraction of sp³-hybridized carbons (Fsp3) is 0. The Kier molecular flexibility index (Phi) is 3.91. The van der Waals surface area contributed by atoms with E-state index in [1.165, 1.54) is 0 Å². The lowest BCUT2D eigenvalue weighted by molar-refractivity contribution is 0.102. The van der Waals surface area contributed by atoms with Gasteiger partial charge in [-0.1, -0.05) is 6.07 Å². The van der Waals surface area contributed by atoms with Gasteiger partial charge in [0.2, 0.25) is 0 Å². The van der Waals surface area contributed by atoms with Crippen molar-refractivity contribution >= 4 is 34.2 Å². The predicted octanol–water partition coefficient (Wildman–Crippen LogP) is 2.91. The topological polar surface area (TPSA) is 113 Å². The monoisotopic (exact) mass is 347 g/mol. The summed E-state index contributed by atoms with van der Waals surface area (Å²) in [5, 5.41) is 5.88. The number of nitrogens with one attached hydrogen (secondary N) is 3. The van der Waals surface area contributed by atoms with Gasteiger partial charge < -0.3 is 15.1 Å². The molecule has 4 aromatic rings. The average Bonchev–Trinajstić information content (AvgIpc) is 3.02. The van der Waals surface area contributed by atoms with Crippen LogP contribution in [0.25, 0.3) is 11.1 Å². The molecule has 8 heteroatoms. The molecule has 0 atom stereocenters. The third kappa shape index (κ3) is 3.29. The molecule has 2 aromatic carbocycles. The number of benzene rings is 2. The number of H-pyrrole nitrogens is 1. The number of oxazole rings is 1. The first-order valence-corrected chi connectivity index (χ1v) is 7.75. The molecular weight excluding hydrogens is 334 g/mol. The predicted molar refractivity (Wildman–Crippen MR) is 96.5 cm³/mol. The zero-order valence-corrected chi connectivity index (χ0v) is 13.4. The van der Waals surface area contributed by atoms with Crippen molar-refractivity contribution in [2.45, 2.75) is 0 Å². The van der Waals surface area contributed by atoms with Gasteiger partial charge in [-0.2, -0.15) is 0 Å². The maximum absolute atomic E-state index is 12.5. The number of aromatic nitrogens is 3. The van der Waals surface area contributed by atoms with Gasteiger partial charge in [-0.3, -0.25) is 14.8 Å². The van der Waals surface area contributed by atoms with Crippen molar-refractivity contribution in [3.05, 3.63) is 77.2 Å². The highest BCUT2D eigenvalue weighted by Gasteiger charge is 2.09. The van der Waals surface area contributed by atoms with Crippen LogP contribution >= 0.6 is 0 Å². The Morgan fingerprint density at radius 3 is 2.85 bits per heavy atom. The molecule has 0 saturated heterocycles. The Labute approximate surface area is 146 Å². The Bertz CT molecular complexity index is 1130. The molecule has 26 heavy (non-hydrogen) atoms. The molecule has 2 heterocycles. The maximum Gasteiger partial charge on any atom is 0.417 e. The van der Waals surface area contributed by atoms with Crippen molar-refractivity contribution < 1.29 is 9.21 Å². The summed E-state index contributed by atoms with van der Waals surface area (Å²) in [7, 11) is 0. The summed E-state index contributed by atoms with van der Waals surface area (Å²) in [5.41, 5.74) is 2.69. The van der Waals surface area contributed by atoms with Gasteiger partial charge in [0, 0.05) is 29.3 Å². The van der Waals surface area contributed by atoms with Crippen LogP contribution in [-0.2, 0) is 0 Å². The number of carbonyl (C=O) groups is 1. The molecule has 0 unspecified atom stereocenters.